The van der Waals surface area contributed by atoms with Gasteiger partial charge in [-0.2, -0.15) is 0 Å². The fourth-order valence-electron chi connectivity index (χ4n) is 6.32. The van der Waals surface area contributed by atoms with Gasteiger partial charge in [-0.25, -0.2) is 24.7 Å². The van der Waals surface area contributed by atoms with Crippen LogP contribution < -0.4 is 19.9 Å². The number of carbonyl (C=O) groups excluding carboxylic acids is 1. The first kappa shape index (κ1) is 32.3. The van der Waals surface area contributed by atoms with Crippen molar-refractivity contribution >= 4 is 72.6 Å². The second-order valence-corrected chi connectivity index (χ2v) is 14.1. The molecule has 0 saturated heterocycles. The van der Waals surface area contributed by atoms with Crippen LogP contribution in [-0.2, 0) is 19.4 Å². The molecule has 0 bridgehead atoms. The molecule has 2 aliphatic heterocycles. The van der Waals surface area contributed by atoms with E-state index in [0.29, 0.717) is 65.4 Å². The SMILES string of the molecule is C=C1C=Cc2cncnc2N1c1cccc(OCCCc2sc(N3CCc4cccc(C(=O)Nc5nc6ccccc6s5)c4C3)nc2C(=O)O)c1. The van der Waals surface area contributed by atoms with E-state index >= 15 is 0 Å². The Kier molecular flexibility index (Phi) is 8.72. The number of allylic oxidation sites excluding steroid dienone is 1. The molecule has 0 aliphatic carbocycles. The van der Waals surface area contributed by atoms with Crippen molar-refractivity contribution in [2.24, 2.45) is 0 Å². The summed E-state index contributed by atoms with van der Waals surface area (Å²) in [5.74, 6) is 0.150. The van der Waals surface area contributed by atoms with Gasteiger partial charge in [0.05, 0.1) is 22.5 Å². The molecule has 8 rings (SSSR count). The molecule has 0 fully saturated rings. The number of thiazole rings is 2. The highest BCUT2D eigenvalue weighted by Crippen LogP contribution is 2.37. The van der Waals surface area contributed by atoms with Crippen molar-refractivity contribution in [3.05, 3.63) is 130 Å². The molecule has 3 aromatic carbocycles. The summed E-state index contributed by atoms with van der Waals surface area (Å²) in [5.41, 5.74) is 6.02. The summed E-state index contributed by atoms with van der Waals surface area (Å²) in [6.07, 6.45) is 8.95. The average Bonchev–Trinajstić information content (AvgIpc) is 3.77. The zero-order chi connectivity index (χ0) is 34.9. The lowest BCUT2D eigenvalue weighted by atomic mass is 9.94. The highest BCUT2D eigenvalue weighted by atomic mass is 32.1. The number of amides is 1. The van der Waals surface area contributed by atoms with Crippen molar-refractivity contribution in [1.82, 2.24) is 19.9 Å². The van der Waals surface area contributed by atoms with Gasteiger partial charge in [-0.3, -0.25) is 15.0 Å². The zero-order valence-electron chi connectivity index (χ0n) is 27.3. The maximum Gasteiger partial charge on any atom is 0.355 e. The van der Waals surface area contributed by atoms with Crippen LogP contribution >= 0.6 is 22.7 Å². The topological polar surface area (TPSA) is 134 Å². The Morgan fingerprint density at radius 2 is 1.90 bits per heavy atom. The zero-order valence-corrected chi connectivity index (χ0v) is 28.9. The van der Waals surface area contributed by atoms with E-state index in [9.17, 15) is 14.7 Å². The highest BCUT2D eigenvalue weighted by Gasteiger charge is 2.27. The number of anilines is 4. The van der Waals surface area contributed by atoms with Crippen LogP contribution in [-0.4, -0.2) is 50.1 Å². The molecule has 2 aliphatic rings. The number of benzene rings is 3. The monoisotopic (exact) mass is 713 g/mol. The largest absolute Gasteiger partial charge is 0.494 e. The fraction of sp³-hybridized carbons (Fsp3) is 0.158. The number of rotatable bonds is 10. The first-order chi connectivity index (χ1) is 24.9. The summed E-state index contributed by atoms with van der Waals surface area (Å²) in [7, 11) is 0. The van der Waals surface area contributed by atoms with E-state index in [1.165, 1.54) is 29.0 Å². The van der Waals surface area contributed by atoms with Crippen molar-refractivity contribution in [1.29, 1.82) is 0 Å². The quantitative estimate of drug-likeness (QED) is 0.136. The van der Waals surface area contributed by atoms with Crippen molar-refractivity contribution in [2.75, 3.05) is 28.3 Å². The maximum absolute atomic E-state index is 13.5. The van der Waals surface area contributed by atoms with Crippen molar-refractivity contribution in [3.63, 3.8) is 0 Å². The number of aryl methyl sites for hydroxylation is 1. The minimum atomic E-state index is -1.06. The van der Waals surface area contributed by atoms with Crippen LogP contribution in [0.3, 0.4) is 0 Å². The van der Waals surface area contributed by atoms with E-state index in [1.807, 2.05) is 83.8 Å². The Hall–Kier alpha value is -5.92. The summed E-state index contributed by atoms with van der Waals surface area (Å²) in [5, 5.41) is 14.2. The molecule has 0 radical (unpaired) electrons. The summed E-state index contributed by atoms with van der Waals surface area (Å²) in [6, 6.07) is 21.3. The van der Waals surface area contributed by atoms with Gasteiger partial charge in [0, 0.05) is 47.1 Å². The molecule has 0 unspecified atom stereocenters. The molecule has 3 aromatic heterocycles. The Bertz CT molecular complexity index is 2320. The number of carboxylic acids is 1. The van der Waals surface area contributed by atoms with Gasteiger partial charge < -0.3 is 14.7 Å². The number of aromatic nitrogens is 4. The lowest BCUT2D eigenvalue weighted by molar-refractivity contribution is 0.0690. The van der Waals surface area contributed by atoms with E-state index in [0.717, 1.165) is 44.1 Å². The maximum atomic E-state index is 13.5. The van der Waals surface area contributed by atoms with E-state index in [4.69, 9.17) is 4.74 Å². The Labute approximate surface area is 301 Å². The molecular formula is C38H31N7O4S2. The summed E-state index contributed by atoms with van der Waals surface area (Å²) in [6.45, 7) is 5.67. The summed E-state index contributed by atoms with van der Waals surface area (Å²) >= 11 is 2.82. The number of nitrogens with one attached hydrogen (secondary N) is 1. The molecule has 5 heterocycles. The summed E-state index contributed by atoms with van der Waals surface area (Å²) < 4.78 is 7.12. The lowest BCUT2D eigenvalue weighted by Crippen LogP contribution is -2.32. The number of nitrogens with zero attached hydrogens (tertiary/aromatic N) is 6. The van der Waals surface area contributed by atoms with Crippen LogP contribution in [0, 0.1) is 0 Å². The molecule has 0 spiro atoms. The molecule has 2 N–H and O–H groups in total. The number of hydrogen-bond acceptors (Lipinski definition) is 11. The van der Waals surface area contributed by atoms with E-state index in [-0.39, 0.29) is 11.6 Å². The number of hydrogen-bond donors (Lipinski definition) is 2. The molecule has 1 amide bonds. The minimum absolute atomic E-state index is 0.0574. The van der Waals surface area contributed by atoms with E-state index < -0.39 is 5.97 Å². The minimum Gasteiger partial charge on any atom is -0.494 e. The number of carboxylic acid groups (broad SMARTS) is 1. The van der Waals surface area contributed by atoms with Gasteiger partial charge in [-0.05, 0) is 72.9 Å². The molecule has 11 nitrogen and oxygen atoms in total. The number of ether oxygens (including phenoxy) is 1. The van der Waals surface area contributed by atoms with Gasteiger partial charge in [0.15, 0.2) is 16.0 Å². The van der Waals surface area contributed by atoms with Crippen molar-refractivity contribution in [3.8, 4) is 5.75 Å². The Morgan fingerprint density at radius 1 is 1.02 bits per heavy atom. The van der Waals surface area contributed by atoms with Gasteiger partial charge in [-0.1, -0.05) is 48.2 Å². The highest BCUT2D eigenvalue weighted by molar-refractivity contribution is 7.22. The standard InChI is InChI=1S/C38H31N7O4S2/c1-23-14-15-25-20-39-22-40-34(25)45(23)26-8-5-9-27(19-26)49-18-6-13-32-33(36(47)48)42-38(51-32)44-17-16-24-7-4-10-28(29(24)21-44)35(46)43-37-41-30-11-2-3-12-31(30)50-37/h2-5,7-12,14-15,19-20,22H,1,6,13,16-18,21H2,(H,47,48)(H,41,43,46). The molecule has 6 aromatic rings. The van der Waals surface area contributed by atoms with E-state index in [2.05, 4.69) is 36.7 Å². The van der Waals surface area contributed by atoms with Crippen molar-refractivity contribution < 1.29 is 19.4 Å². The van der Waals surface area contributed by atoms with Crippen LogP contribution in [0.2, 0.25) is 0 Å². The van der Waals surface area contributed by atoms with Crippen LogP contribution in [0.5, 0.6) is 5.75 Å². The van der Waals surface area contributed by atoms with Gasteiger partial charge in [0.1, 0.15) is 17.9 Å². The van der Waals surface area contributed by atoms with Gasteiger partial charge in [0.2, 0.25) is 0 Å². The van der Waals surface area contributed by atoms with Crippen LogP contribution in [0.4, 0.5) is 21.8 Å². The Balaban J connectivity index is 0.933. The first-order valence-corrected chi connectivity index (χ1v) is 18.0. The number of aromatic carboxylic acids is 1. The van der Waals surface area contributed by atoms with Gasteiger partial charge >= 0.3 is 5.97 Å². The number of para-hydroxylation sites is 1. The fourth-order valence-corrected chi connectivity index (χ4v) is 8.30. The molecule has 51 heavy (non-hydrogen) atoms. The van der Waals surface area contributed by atoms with Crippen molar-refractivity contribution in [2.45, 2.75) is 25.8 Å². The molecule has 254 valence electrons. The second kappa shape index (κ2) is 13.8. The van der Waals surface area contributed by atoms with Crippen LogP contribution in [0.1, 0.15) is 48.8 Å². The van der Waals surface area contributed by atoms with E-state index in [1.54, 1.807) is 6.20 Å². The smallest absolute Gasteiger partial charge is 0.355 e. The average molecular weight is 714 g/mol. The molecule has 0 atom stereocenters. The third kappa shape index (κ3) is 6.56. The number of carbonyl (C=O) groups is 2. The molecule has 0 saturated carbocycles. The van der Waals surface area contributed by atoms with Crippen LogP contribution in [0.15, 0.2) is 97.6 Å². The second-order valence-electron chi connectivity index (χ2n) is 12.0. The number of fused-ring (bicyclic) bond motifs is 3. The van der Waals surface area contributed by atoms with Gasteiger partial charge in [0.25, 0.3) is 5.91 Å². The van der Waals surface area contributed by atoms with Gasteiger partial charge in [-0.15, -0.1) is 11.3 Å². The predicted octanol–water partition coefficient (Wildman–Crippen LogP) is 7.75. The summed E-state index contributed by atoms with van der Waals surface area (Å²) in [4.78, 5) is 48.2. The van der Waals surface area contributed by atoms with Crippen LogP contribution in [0.25, 0.3) is 16.3 Å². The normalized spacial score (nSPS) is 13.6. The first-order valence-electron chi connectivity index (χ1n) is 16.4. The molecular weight excluding hydrogens is 683 g/mol. The molecule has 13 heteroatoms. The predicted molar refractivity (Wildman–Crippen MR) is 200 cm³/mol. The third-order valence-corrected chi connectivity index (χ3v) is 10.9. The third-order valence-electron chi connectivity index (χ3n) is 8.76. The Morgan fingerprint density at radius 3 is 2.78 bits per heavy atom. The lowest BCUT2D eigenvalue weighted by Gasteiger charge is -2.29.